The summed E-state index contributed by atoms with van der Waals surface area (Å²) in [5, 5.41) is 29.8. The summed E-state index contributed by atoms with van der Waals surface area (Å²) in [4.78, 5) is 29.2. The number of nitrogens with one attached hydrogen (secondary N) is 1. The van der Waals surface area contributed by atoms with Gasteiger partial charge in [-0.1, -0.05) is 12.1 Å². The molecule has 3 aromatic rings. The highest BCUT2D eigenvalue weighted by Gasteiger charge is 2.23. The second-order valence-corrected chi connectivity index (χ2v) is 4.55. The second kappa shape index (κ2) is 4.85. The average Bonchev–Trinajstić information content (AvgIpc) is 2.92. The molecule has 0 aliphatic rings. The van der Waals surface area contributed by atoms with Crippen molar-refractivity contribution in [1.29, 1.82) is 0 Å². The quantitative estimate of drug-likeness (QED) is 0.294. The Labute approximate surface area is 122 Å². The number of fused-ring (bicyclic) bond motifs is 1. The van der Waals surface area contributed by atoms with Gasteiger partial charge in [0.25, 0.3) is 0 Å². The number of phenols is 2. The molecule has 0 spiro atoms. The minimum Gasteiger partial charge on any atom is -0.504 e. The molecule has 8 nitrogen and oxygen atoms in total. The van der Waals surface area contributed by atoms with Crippen LogP contribution in [0, 0.1) is 10.1 Å². The van der Waals surface area contributed by atoms with E-state index in [0.29, 0.717) is 11.0 Å². The lowest BCUT2D eigenvalue weighted by Crippen LogP contribution is -2.04. The molecule has 0 aliphatic carbocycles. The highest BCUT2D eigenvalue weighted by molar-refractivity contribution is 6.08. The monoisotopic (exact) mass is 299 g/mol. The zero-order valence-electron chi connectivity index (χ0n) is 11.0. The van der Waals surface area contributed by atoms with Crippen LogP contribution in [-0.2, 0) is 0 Å². The van der Waals surface area contributed by atoms with Crippen molar-refractivity contribution in [2.45, 2.75) is 0 Å². The van der Waals surface area contributed by atoms with Crippen molar-refractivity contribution in [2.75, 3.05) is 0 Å². The van der Waals surface area contributed by atoms with E-state index in [4.69, 9.17) is 0 Å². The molecule has 0 amide bonds. The van der Waals surface area contributed by atoms with E-state index in [2.05, 4.69) is 9.97 Å². The van der Waals surface area contributed by atoms with Crippen LogP contribution < -0.4 is 0 Å². The molecule has 0 fully saturated rings. The van der Waals surface area contributed by atoms with Crippen LogP contribution in [0.15, 0.2) is 36.4 Å². The van der Waals surface area contributed by atoms with Gasteiger partial charge in [-0.05, 0) is 18.2 Å². The van der Waals surface area contributed by atoms with Crippen molar-refractivity contribution >= 4 is 22.5 Å². The third kappa shape index (κ3) is 2.12. The van der Waals surface area contributed by atoms with Gasteiger partial charge in [0, 0.05) is 11.6 Å². The van der Waals surface area contributed by atoms with E-state index in [1.54, 1.807) is 24.3 Å². The Morgan fingerprint density at radius 3 is 2.64 bits per heavy atom. The zero-order chi connectivity index (χ0) is 15.9. The van der Waals surface area contributed by atoms with Crippen LogP contribution in [0.4, 0.5) is 5.69 Å². The van der Waals surface area contributed by atoms with Gasteiger partial charge in [-0.2, -0.15) is 0 Å². The highest BCUT2D eigenvalue weighted by Crippen LogP contribution is 2.36. The summed E-state index contributed by atoms with van der Waals surface area (Å²) in [7, 11) is 0. The first kappa shape index (κ1) is 13.6. The Hall–Kier alpha value is -3.42. The molecule has 1 aromatic heterocycles. The number of H-pyrrole nitrogens is 1. The van der Waals surface area contributed by atoms with Crippen LogP contribution in [0.2, 0.25) is 0 Å². The van der Waals surface area contributed by atoms with Crippen molar-refractivity contribution in [3.05, 3.63) is 57.9 Å². The summed E-state index contributed by atoms with van der Waals surface area (Å²) in [5.74, 6) is -2.27. The third-order valence-electron chi connectivity index (χ3n) is 3.13. The maximum Gasteiger partial charge on any atom is 0.315 e. The summed E-state index contributed by atoms with van der Waals surface area (Å²) in [6.07, 6.45) is 0. The summed E-state index contributed by atoms with van der Waals surface area (Å²) in [6.45, 7) is 0. The molecule has 8 heteroatoms. The predicted molar refractivity (Wildman–Crippen MR) is 76.0 cm³/mol. The lowest BCUT2D eigenvalue weighted by molar-refractivity contribution is -0.386. The van der Waals surface area contributed by atoms with Crippen molar-refractivity contribution in [3.8, 4) is 11.5 Å². The number of carbonyl (C=O) groups is 1. The number of nitrogens with zero attached hydrogens (tertiary/aromatic N) is 2. The van der Waals surface area contributed by atoms with Gasteiger partial charge in [0.05, 0.1) is 16.0 Å². The summed E-state index contributed by atoms with van der Waals surface area (Å²) < 4.78 is 0. The molecule has 0 unspecified atom stereocenters. The van der Waals surface area contributed by atoms with E-state index >= 15 is 0 Å². The molecule has 0 radical (unpaired) electrons. The van der Waals surface area contributed by atoms with E-state index in [9.17, 15) is 25.1 Å². The Morgan fingerprint density at radius 1 is 1.23 bits per heavy atom. The summed E-state index contributed by atoms with van der Waals surface area (Å²) in [6, 6.07) is 8.82. The minimum absolute atomic E-state index is 0.0133. The number of para-hydroxylation sites is 2. The van der Waals surface area contributed by atoms with Gasteiger partial charge in [-0.3, -0.25) is 14.9 Å². The van der Waals surface area contributed by atoms with E-state index in [0.717, 1.165) is 12.1 Å². The first-order valence-electron chi connectivity index (χ1n) is 6.17. The van der Waals surface area contributed by atoms with Crippen molar-refractivity contribution in [2.24, 2.45) is 0 Å². The van der Waals surface area contributed by atoms with Crippen LogP contribution in [0.1, 0.15) is 16.2 Å². The number of hydrogen-bond donors (Lipinski definition) is 3. The van der Waals surface area contributed by atoms with Gasteiger partial charge >= 0.3 is 5.69 Å². The van der Waals surface area contributed by atoms with Gasteiger partial charge < -0.3 is 15.2 Å². The van der Waals surface area contributed by atoms with Gasteiger partial charge in [-0.25, -0.2) is 4.98 Å². The maximum atomic E-state index is 12.3. The molecule has 110 valence electrons. The number of hydrogen-bond acceptors (Lipinski definition) is 6. The largest absolute Gasteiger partial charge is 0.504 e. The fraction of sp³-hybridized carbons (Fsp3) is 0. The zero-order valence-corrected chi connectivity index (χ0v) is 11.0. The number of carbonyl (C=O) groups excluding carboxylic acids is 1. The summed E-state index contributed by atoms with van der Waals surface area (Å²) in [5.41, 5.74) is 0.312. The van der Waals surface area contributed by atoms with Crippen LogP contribution in [0.5, 0.6) is 11.5 Å². The van der Waals surface area contributed by atoms with Crippen LogP contribution in [0.3, 0.4) is 0 Å². The standard InChI is InChI=1S/C14H9N3O5/c18-11-6-7(5-10(13(11)20)17(21)22)12(19)14-15-8-3-1-2-4-9(8)16-14/h1-6,18,20H,(H,15,16). The Balaban J connectivity index is 2.10. The maximum absolute atomic E-state index is 12.3. The number of rotatable bonds is 3. The molecule has 1 heterocycles. The van der Waals surface area contributed by atoms with Crippen molar-refractivity contribution < 1.29 is 19.9 Å². The Kier molecular flexibility index (Phi) is 2.99. The molecule has 2 aromatic carbocycles. The minimum atomic E-state index is -0.884. The van der Waals surface area contributed by atoms with Crippen LogP contribution >= 0.6 is 0 Å². The summed E-state index contributed by atoms with van der Waals surface area (Å²) >= 11 is 0. The fourth-order valence-electron chi connectivity index (χ4n) is 2.07. The van der Waals surface area contributed by atoms with Crippen LogP contribution in [-0.4, -0.2) is 30.9 Å². The molecular formula is C14H9N3O5. The number of nitro groups is 1. The molecule has 0 saturated heterocycles. The van der Waals surface area contributed by atoms with E-state index in [1.807, 2.05) is 0 Å². The number of aromatic nitrogens is 2. The molecule has 0 bridgehead atoms. The average molecular weight is 299 g/mol. The molecular weight excluding hydrogens is 290 g/mol. The Morgan fingerprint density at radius 2 is 1.95 bits per heavy atom. The first-order chi connectivity index (χ1) is 10.5. The van der Waals surface area contributed by atoms with Crippen LogP contribution in [0.25, 0.3) is 11.0 Å². The first-order valence-corrected chi connectivity index (χ1v) is 6.17. The highest BCUT2D eigenvalue weighted by atomic mass is 16.6. The van der Waals surface area contributed by atoms with Crippen molar-refractivity contribution in [3.63, 3.8) is 0 Å². The topological polar surface area (TPSA) is 129 Å². The molecule has 0 saturated carbocycles. The SMILES string of the molecule is O=C(c1cc(O)c(O)c([N+](=O)[O-])c1)c1nc2ccccc2[nH]1. The second-order valence-electron chi connectivity index (χ2n) is 4.55. The number of phenolic OH excluding ortho intramolecular Hbond substituents is 2. The number of ketones is 1. The smallest absolute Gasteiger partial charge is 0.315 e. The van der Waals surface area contributed by atoms with Gasteiger partial charge in [0.2, 0.25) is 11.5 Å². The molecule has 0 aliphatic heterocycles. The van der Waals surface area contributed by atoms with E-state index in [1.165, 1.54) is 0 Å². The molecule has 3 N–H and O–H groups in total. The van der Waals surface area contributed by atoms with E-state index in [-0.39, 0.29) is 11.4 Å². The number of aromatic amines is 1. The normalized spacial score (nSPS) is 10.7. The number of nitro benzene ring substituents is 1. The fourth-order valence-corrected chi connectivity index (χ4v) is 2.07. The number of benzene rings is 2. The molecule has 3 rings (SSSR count). The predicted octanol–water partition coefficient (Wildman–Crippen LogP) is 2.11. The van der Waals surface area contributed by atoms with Gasteiger partial charge in [0.1, 0.15) is 0 Å². The van der Waals surface area contributed by atoms with Gasteiger partial charge in [-0.15, -0.1) is 0 Å². The Bertz CT molecular complexity index is 883. The van der Waals surface area contributed by atoms with Crippen molar-refractivity contribution in [1.82, 2.24) is 9.97 Å². The van der Waals surface area contributed by atoms with Gasteiger partial charge in [0.15, 0.2) is 11.6 Å². The third-order valence-corrected chi connectivity index (χ3v) is 3.13. The lowest BCUT2D eigenvalue weighted by atomic mass is 10.1. The molecule has 0 atom stereocenters. The molecule has 22 heavy (non-hydrogen) atoms. The lowest BCUT2D eigenvalue weighted by Gasteiger charge is -2.02. The number of imidazole rings is 1. The van der Waals surface area contributed by atoms with E-state index < -0.39 is 27.9 Å². The number of aromatic hydroxyl groups is 2.